The molecule has 0 aromatic carbocycles. The Bertz CT molecular complexity index is 208. The molecule has 0 radical (unpaired) electrons. The molecule has 4 heteroatoms. The summed E-state index contributed by atoms with van der Waals surface area (Å²) in [5.74, 6) is 0.589. The fourth-order valence-corrected chi connectivity index (χ4v) is 0.951. The van der Waals surface area contributed by atoms with E-state index < -0.39 is 6.16 Å². The van der Waals surface area contributed by atoms with Crippen LogP contribution in [0, 0.1) is 0 Å². The van der Waals surface area contributed by atoms with Crippen LogP contribution in [0.15, 0.2) is 24.5 Å². The van der Waals surface area contributed by atoms with Crippen LogP contribution in [0.25, 0.3) is 0 Å². The molecule has 2 N–H and O–H groups in total. The molecule has 0 aliphatic heterocycles. The van der Waals surface area contributed by atoms with Gasteiger partial charge in [0.05, 0.1) is 5.76 Å². The number of allylic oxidation sites excluding steroid dienone is 2. The van der Waals surface area contributed by atoms with Gasteiger partial charge in [0.2, 0.25) is 0 Å². The van der Waals surface area contributed by atoms with Gasteiger partial charge in [-0.1, -0.05) is 12.7 Å². The summed E-state index contributed by atoms with van der Waals surface area (Å²) in [6, 6.07) is 0. The van der Waals surface area contributed by atoms with E-state index in [1.54, 1.807) is 0 Å². The average Bonchev–Trinajstić information content (AvgIpc) is 2.17. The predicted octanol–water partition coefficient (Wildman–Crippen LogP) is 2.87. The van der Waals surface area contributed by atoms with Gasteiger partial charge in [0.15, 0.2) is 0 Å². The van der Waals surface area contributed by atoms with Crippen molar-refractivity contribution in [3.05, 3.63) is 24.5 Å². The minimum Gasteiger partial charge on any atom is -0.513 e. The first-order valence-electron chi connectivity index (χ1n) is 4.51. The van der Waals surface area contributed by atoms with E-state index in [1.165, 1.54) is 18.9 Å². The van der Waals surface area contributed by atoms with Crippen LogP contribution in [-0.2, 0) is 4.74 Å². The van der Waals surface area contributed by atoms with Gasteiger partial charge in [-0.15, -0.1) is 0 Å². The van der Waals surface area contributed by atoms with Crippen LogP contribution in [0.1, 0.15) is 25.7 Å². The zero-order chi connectivity index (χ0) is 10.8. The first-order valence-corrected chi connectivity index (χ1v) is 4.51. The van der Waals surface area contributed by atoms with Gasteiger partial charge in [0.25, 0.3) is 0 Å². The Morgan fingerprint density at radius 3 is 2.57 bits per heavy atom. The van der Waals surface area contributed by atoms with Crippen LogP contribution in [0.2, 0.25) is 0 Å². The molecule has 0 aromatic heterocycles. The van der Waals surface area contributed by atoms with Gasteiger partial charge >= 0.3 is 6.16 Å². The first kappa shape index (κ1) is 12.6. The topological polar surface area (TPSA) is 66.8 Å². The summed E-state index contributed by atoms with van der Waals surface area (Å²) in [7, 11) is 0. The Morgan fingerprint density at radius 1 is 1.64 bits per heavy atom. The lowest BCUT2D eigenvalue weighted by Crippen LogP contribution is -1.98. The lowest BCUT2D eigenvalue weighted by Gasteiger charge is -2.04. The molecule has 1 aliphatic carbocycles. The second kappa shape index (κ2) is 8.16. The van der Waals surface area contributed by atoms with E-state index >= 15 is 0 Å². The number of carbonyl (C=O) groups is 1. The molecule has 0 heterocycles. The van der Waals surface area contributed by atoms with E-state index in [0.717, 1.165) is 12.8 Å². The second-order valence-corrected chi connectivity index (χ2v) is 2.81. The summed E-state index contributed by atoms with van der Waals surface area (Å²) in [6.07, 6.45) is 6.41. The van der Waals surface area contributed by atoms with Crippen molar-refractivity contribution < 1.29 is 19.7 Å². The summed E-state index contributed by atoms with van der Waals surface area (Å²) < 4.78 is 3.99. The summed E-state index contributed by atoms with van der Waals surface area (Å²) >= 11 is 0. The molecule has 1 aliphatic rings. The van der Waals surface area contributed by atoms with Gasteiger partial charge in [-0.25, -0.2) is 4.79 Å². The smallest absolute Gasteiger partial charge is 0.506 e. The highest BCUT2D eigenvalue weighted by molar-refractivity contribution is 5.56. The normalized spacial score (nSPS) is 14.4. The maximum absolute atomic E-state index is 9.49. The van der Waals surface area contributed by atoms with Crippen molar-refractivity contribution in [2.45, 2.75) is 25.7 Å². The zero-order valence-electron chi connectivity index (χ0n) is 8.11. The highest BCUT2D eigenvalue weighted by atomic mass is 16.7. The van der Waals surface area contributed by atoms with Crippen LogP contribution in [0.4, 0.5) is 4.79 Å². The van der Waals surface area contributed by atoms with Crippen molar-refractivity contribution in [2.75, 3.05) is 6.61 Å². The van der Waals surface area contributed by atoms with E-state index in [1.807, 2.05) is 6.08 Å². The fraction of sp³-hybridized carbons (Fsp3) is 0.500. The first-order chi connectivity index (χ1) is 6.66. The summed E-state index contributed by atoms with van der Waals surface area (Å²) in [5.41, 5.74) is 0. The van der Waals surface area contributed by atoms with Gasteiger partial charge in [-0.05, 0) is 25.3 Å². The number of aliphatic hydroxyl groups is 1. The third-order valence-electron chi connectivity index (χ3n) is 1.59. The van der Waals surface area contributed by atoms with Crippen LogP contribution in [0.5, 0.6) is 0 Å². The van der Waals surface area contributed by atoms with E-state index in [-0.39, 0.29) is 6.61 Å². The molecule has 0 saturated heterocycles. The lowest BCUT2D eigenvalue weighted by atomic mass is 10.1. The highest BCUT2D eigenvalue weighted by Gasteiger charge is 1.97. The van der Waals surface area contributed by atoms with Crippen molar-refractivity contribution in [1.29, 1.82) is 0 Å². The van der Waals surface area contributed by atoms with E-state index in [4.69, 9.17) is 10.2 Å². The van der Waals surface area contributed by atoms with Crippen molar-refractivity contribution in [2.24, 2.45) is 0 Å². The van der Waals surface area contributed by atoms with Crippen molar-refractivity contribution in [1.82, 2.24) is 0 Å². The molecule has 0 amide bonds. The second-order valence-electron chi connectivity index (χ2n) is 2.81. The average molecular weight is 200 g/mol. The standard InChI is InChI=1S/C6H10O.C4H6O3/c7-6-4-2-1-3-5-6;1-2-3-7-4(5)6/h4,7H,1-3,5H2;2H,1,3H2,(H,5,6). The Kier molecular flexibility index (Phi) is 7.32. The molecule has 0 spiro atoms. The Balaban J connectivity index is 0.000000241. The highest BCUT2D eigenvalue weighted by Crippen LogP contribution is 2.13. The van der Waals surface area contributed by atoms with Gasteiger partial charge in [-0.2, -0.15) is 0 Å². The number of hydrogen-bond donors (Lipinski definition) is 2. The molecule has 0 atom stereocenters. The molecule has 14 heavy (non-hydrogen) atoms. The third kappa shape index (κ3) is 8.64. The quantitative estimate of drug-likeness (QED) is 0.531. The molecule has 0 fully saturated rings. The maximum atomic E-state index is 9.49. The molecule has 0 aromatic rings. The predicted molar refractivity (Wildman–Crippen MR) is 53.4 cm³/mol. The number of rotatable bonds is 2. The van der Waals surface area contributed by atoms with Crippen LogP contribution < -0.4 is 0 Å². The molecule has 4 nitrogen and oxygen atoms in total. The van der Waals surface area contributed by atoms with E-state index in [9.17, 15) is 4.79 Å². The number of ether oxygens (including phenoxy) is 1. The van der Waals surface area contributed by atoms with Crippen LogP contribution in [0.3, 0.4) is 0 Å². The molecule has 1 rings (SSSR count). The summed E-state index contributed by atoms with van der Waals surface area (Å²) in [6.45, 7) is 3.31. The molecule has 0 saturated carbocycles. The number of carboxylic acid groups (broad SMARTS) is 1. The summed E-state index contributed by atoms with van der Waals surface area (Å²) in [4.78, 5) is 9.49. The molecular formula is C10H16O4. The monoisotopic (exact) mass is 200 g/mol. The summed E-state index contributed by atoms with van der Waals surface area (Å²) in [5, 5.41) is 16.5. The maximum Gasteiger partial charge on any atom is 0.506 e. The van der Waals surface area contributed by atoms with Crippen molar-refractivity contribution in [3.63, 3.8) is 0 Å². The molecule has 80 valence electrons. The minimum atomic E-state index is -1.26. The lowest BCUT2D eigenvalue weighted by molar-refractivity contribution is 0.102. The van der Waals surface area contributed by atoms with Crippen molar-refractivity contribution in [3.8, 4) is 0 Å². The third-order valence-corrected chi connectivity index (χ3v) is 1.59. The van der Waals surface area contributed by atoms with Gasteiger partial charge in [0.1, 0.15) is 6.61 Å². The molecule has 0 bridgehead atoms. The number of hydrogen-bond acceptors (Lipinski definition) is 3. The van der Waals surface area contributed by atoms with Crippen LogP contribution >= 0.6 is 0 Å². The Labute approximate surface area is 83.5 Å². The van der Waals surface area contributed by atoms with Gasteiger partial charge in [0, 0.05) is 6.42 Å². The zero-order valence-corrected chi connectivity index (χ0v) is 8.11. The van der Waals surface area contributed by atoms with E-state index in [0.29, 0.717) is 5.76 Å². The van der Waals surface area contributed by atoms with Gasteiger partial charge in [-0.3, -0.25) is 0 Å². The van der Waals surface area contributed by atoms with Crippen molar-refractivity contribution >= 4 is 6.16 Å². The molecule has 0 unspecified atom stereocenters. The fourth-order valence-electron chi connectivity index (χ4n) is 0.951. The number of aliphatic hydroxyl groups excluding tert-OH is 1. The van der Waals surface area contributed by atoms with Crippen LogP contribution in [-0.4, -0.2) is 23.0 Å². The SMILES string of the molecule is C=CCOC(=O)O.OC1=CCCCC1. The Morgan fingerprint density at radius 2 is 2.36 bits per heavy atom. The Hall–Kier alpha value is -1.45. The van der Waals surface area contributed by atoms with E-state index in [2.05, 4.69) is 11.3 Å². The largest absolute Gasteiger partial charge is 0.513 e. The minimum absolute atomic E-state index is 0.0648. The molecular weight excluding hydrogens is 184 g/mol. The van der Waals surface area contributed by atoms with Gasteiger partial charge < -0.3 is 14.9 Å².